The summed E-state index contributed by atoms with van der Waals surface area (Å²) >= 11 is 0. The second-order valence-corrected chi connectivity index (χ2v) is 5.32. The van der Waals surface area contributed by atoms with E-state index < -0.39 is 11.9 Å². The van der Waals surface area contributed by atoms with Crippen LogP contribution < -0.4 is 10.6 Å². The van der Waals surface area contributed by atoms with Gasteiger partial charge in [0.05, 0.1) is 18.9 Å². The number of anilines is 2. The SMILES string of the molecule is O=C(O)CCC(=O)Nc1nc2n(n1)[C@@H](c1ccccc1)CC(=O)N2. The lowest BCUT2D eigenvalue weighted by Crippen LogP contribution is -2.29. The molecule has 124 valence electrons. The first-order valence-electron chi connectivity index (χ1n) is 7.36. The van der Waals surface area contributed by atoms with E-state index in [1.807, 2.05) is 30.3 Å². The zero-order chi connectivity index (χ0) is 17.1. The van der Waals surface area contributed by atoms with Crippen molar-refractivity contribution in [2.24, 2.45) is 0 Å². The van der Waals surface area contributed by atoms with E-state index in [0.717, 1.165) is 5.56 Å². The molecule has 0 fully saturated rings. The lowest BCUT2D eigenvalue weighted by Gasteiger charge is -2.23. The number of carbonyl (C=O) groups is 3. The summed E-state index contributed by atoms with van der Waals surface area (Å²) < 4.78 is 1.55. The summed E-state index contributed by atoms with van der Waals surface area (Å²) in [5, 5.41) is 17.9. The standard InChI is InChI=1S/C15H15N5O4/c21-11(6-7-13(23)24)16-14-18-15-17-12(22)8-10(20(15)19-14)9-4-2-1-3-5-9/h1-5,10H,6-8H2,(H,23,24)(H2,16,17,18,19,21,22)/t10-/m1/s1. The third-order valence-corrected chi connectivity index (χ3v) is 3.56. The van der Waals surface area contributed by atoms with Crippen molar-refractivity contribution in [1.29, 1.82) is 0 Å². The van der Waals surface area contributed by atoms with Crippen molar-refractivity contribution in [3.8, 4) is 0 Å². The molecule has 0 aliphatic carbocycles. The average molecular weight is 329 g/mol. The maximum absolute atomic E-state index is 11.9. The Morgan fingerprint density at radius 2 is 2.04 bits per heavy atom. The number of amides is 2. The van der Waals surface area contributed by atoms with E-state index in [4.69, 9.17) is 5.11 Å². The molecule has 0 unspecified atom stereocenters. The molecule has 2 heterocycles. The Hall–Kier alpha value is -3.23. The Balaban J connectivity index is 1.81. The molecule has 1 aliphatic heterocycles. The highest BCUT2D eigenvalue weighted by Gasteiger charge is 2.29. The number of aliphatic carboxylic acids is 1. The van der Waals surface area contributed by atoms with E-state index in [-0.39, 0.29) is 43.1 Å². The van der Waals surface area contributed by atoms with Crippen LogP contribution in [0.15, 0.2) is 30.3 Å². The number of benzene rings is 1. The van der Waals surface area contributed by atoms with Gasteiger partial charge < -0.3 is 5.11 Å². The number of hydrogen-bond acceptors (Lipinski definition) is 5. The van der Waals surface area contributed by atoms with Gasteiger partial charge >= 0.3 is 5.97 Å². The molecule has 3 N–H and O–H groups in total. The molecule has 0 radical (unpaired) electrons. The van der Waals surface area contributed by atoms with Crippen LogP contribution in [0, 0.1) is 0 Å². The number of carbonyl (C=O) groups excluding carboxylic acids is 2. The Labute approximate surface area is 136 Å². The maximum Gasteiger partial charge on any atom is 0.303 e. The molecule has 0 saturated heterocycles. The van der Waals surface area contributed by atoms with E-state index in [1.54, 1.807) is 4.68 Å². The quantitative estimate of drug-likeness (QED) is 0.751. The minimum absolute atomic E-state index is 0.0310. The highest BCUT2D eigenvalue weighted by Crippen LogP contribution is 2.29. The average Bonchev–Trinajstić information content (AvgIpc) is 2.95. The smallest absolute Gasteiger partial charge is 0.303 e. The van der Waals surface area contributed by atoms with Crippen LogP contribution in [0.5, 0.6) is 0 Å². The van der Waals surface area contributed by atoms with E-state index in [9.17, 15) is 14.4 Å². The molecule has 0 bridgehead atoms. The van der Waals surface area contributed by atoms with Crippen molar-refractivity contribution < 1.29 is 19.5 Å². The number of fused-ring (bicyclic) bond motifs is 1. The lowest BCUT2D eigenvalue weighted by atomic mass is 10.0. The molecule has 2 aromatic rings. The van der Waals surface area contributed by atoms with Crippen LogP contribution in [-0.2, 0) is 14.4 Å². The molecule has 1 atom stereocenters. The summed E-state index contributed by atoms with van der Waals surface area (Å²) in [6, 6.07) is 9.08. The molecule has 9 nitrogen and oxygen atoms in total. The first-order chi connectivity index (χ1) is 11.5. The molecule has 1 aromatic carbocycles. The molecule has 2 amide bonds. The molecule has 0 saturated carbocycles. The Morgan fingerprint density at radius 3 is 2.75 bits per heavy atom. The molecule has 3 rings (SSSR count). The van der Waals surface area contributed by atoms with Crippen LogP contribution in [0.3, 0.4) is 0 Å². The minimum atomic E-state index is -1.06. The molecular weight excluding hydrogens is 314 g/mol. The first kappa shape index (κ1) is 15.7. The molecule has 1 aromatic heterocycles. The zero-order valence-electron chi connectivity index (χ0n) is 12.6. The Kier molecular flexibility index (Phi) is 4.23. The summed E-state index contributed by atoms with van der Waals surface area (Å²) in [7, 11) is 0. The molecule has 24 heavy (non-hydrogen) atoms. The van der Waals surface area contributed by atoms with E-state index in [2.05, 4.69) is 20.7 Å². The van der Waals surface area contributed by atoms with Crippen LogP contribution >= 0.6 is 0 Å². The number of rotatable bonds is 5. The topological polar surface area (TPSA) is 126 Å². The van der Waals surface area contributed by atoms with Gasteiger partial charge in [0, 0.05) is 6.42 Å². The van der Waals surface area contributed by atoms with Crippen LogP contribution in [-0.4, -0.2) is 37.7 Å². The Bertz CT molecular complexity index is 786. The number of nitrogens with one attached hydrogen (secondary N) is 2. The van der Waals surface area contributed by atoms with Crippen LogP contribution in [0.1, 0.15) is 30.9 Å². The van der Waals surface area contributed by atoms with Gasteiger partial charge in [-0.25, -0.2) is 4.68 Å². The fourth-order valence-corrected chi connectivity index (χ4v) is 2.46. The van der Waals surface area contributed by atoms with Gasteiger partial charge in [-0.1, -0.05) is 30.3 Å². The van der Waals surface area contributed by atoms with Crippen LogP contribution in [0.25, 0.3) is 0 Å². The van der Waals surface area contributed by atoms with Gasteiger partial charge in [-0.05, 0) is 5.56 Å². The monoisotopic (exact) mass is 329 g/mol. The number of carboxylic acid groups (broad SMARTS) is 1. The first-order valence-corrected chi connectivity index (χ1v) is 7.36. The number of hydrogen-bond donors (Lipinski definition) is 3. The number of aromatic nitrogens is 3. The maximum atomic E-state index is 11.9. The van der Waals surface area contributed by atoms with E-state index in [1.165, 1.54) is 0 Å². The van der Waals surface area contributed by atoms with Crippen molar-refractivity contribution >= 4 is 29.7 Å². The van der Waals surface area contributed by atoms with Gasteiger partial charge in [0.25, 0.3) is 5.95 Å². The fourth-order valence-electron chi connectivity index (χ4n) is 2.46. The van der Waals surface area contributed by atoms with Crippen LogP contribution in [0.2, 0.25) is 0 Å². The molecule has 1 aliphatic rings. The molecular formula is C15H15N5O4. The summed E-state index contributed by atoms with van der Waals surface area (Å²) in [6.07, 6.45) is -0.233. The van der Waals surface area contributed by atoms with Crippen molar-refractivity contribution in [3.63, 3.8) is 0 Å². The van der Waals surface area contributed by atoms with Gasteiger partial charge in [0.15, 0.2) is 0 Å². The van der Waals surface area contributed by atoms with Gasteiger partial charge in [-0.2, -0.15) is 4.98 Å². The fraction of sp³-hybridized carbons (Fsp3) is 0.267. The lowest BCUT2D eigenvalue weighted by molar-refractivity contribution is -0.138. The van der Waals surface area contributed by atoms with Crippen molar-refractivity contribution in [2.45, 2.75) is 25.3 Å². The molecule has 9 heteroatoms. The predicted molar refractivity (Wildman–Crippen MR) is 83.3 cm³/mol. The number of nitrogens with zero attached hydrogens (tertiary/aromatic N) is 3. The normalized spacial score (nSPS) is 16.2. The van der Waals surface area contributed by atoms with E-state index >= 15 is 0 Å². The predicted octanol–water partition coefficient (Wildman–Crippen LogP) is 1.01. The van der Waals surface area contributed by atoms with Gasteiger partial charge in [0.1, 0.15) is 0 Å². The van der Waals surface area contributed by atoms with Gasteiger partial charge in [-0.15, -0.1) is 5.10 Å². The Morgan fingerprint density at radius 1 is 1.29 bits per heavy atom. The van der Waals surface area contributed by atoms with Gasteiger partial charge in [-0.3, -0.25) is 25.0 Å². The van der Waals surface area contributed by atoms with Crippen molar-refractivity contribution in [2.75, 3.05) is 10.6 Å². The summed E-state index contributed by atoms with van der Waals surface area (Å²) in [4.78, 5) is 38.1. The third kappa shape index (κ3) is 3.40. The second kappa shape index (κ2) is 6.49. The highest BCUT2D eigenvalue weighted by atomic mass is 16.4. The van der Waals surface area contributed by atoms with Crippen molar-refractivity contribution in [1.82, 2.24) is 14.8 Å². The van der Waals surface area contributed by atoms with Crippen LogP contribution in [0.4, 0.5) is 11.9 Å². The van der Waals surface area contributed by atoms with E-state index in [0.29, 0.717) is 0 Å². The highest BCUT2D eigenvalue weighted by molar-refractivity contribution is 5.93. The zero-order valence-corrected chi connectivity index (χ0v) is 12.6. The van der Waals surface area contributed by atoms with Crippen molar-refractivity contribution in [3.05, 3.63) is 35.9 Å². The summed E-state index contributed by atoms with van der Waals surface area (Å²) in [5.74, 6) is -1.47. The molecule has 0 spiro atoms. The largest absolute Gasteiger partial charge is 0.481 e. The summed E-state index contributed by atoms with van der Waals surface area (Å²) in [6.45, 7) is 0. The minimum Gasteiger partial charge on any atom is -0.481 e. The third-order valence-electron chi connectivity index (χ3n) is 3.56. The number of carboxylic acids is 1. The second-order valence-electron chi connectivity index (χ2n) is 5.32. The van der Waals surface area contributed by atoms with Gasteiger partial charge in [0.2, 0.25) is 17.8 Å². The summed E-state index contributed by atoms with van der Waals surface area (Å²) in [5.41, 5.74) is 0.905.